The Morgan fingerprint density at radius 2 is 1.79 bits per heavy atom. The Hall–Kier alpha value is -2.11. The highest BCUT2D eigenvalue weighted by atomic mass is 32.2. The third-order valence-corrected chi connectivity index (χ3v) is 5.42. The summed E-state index contributed by atoms with van der Waals surface area (Å²) in [5, 5.41) is 1.30. The molecule has 1 saturated carbocycles. The number of methoxy groups -OCH3 is 1. The van der Waals surface area contributed by atoms with Gasteiger partial charge in [0.05, 0.1) is 24.7 Å². The van der Waals surface area contributed by atoms with Gasteiger partial charge in [-0.25, -0.2) is 8.42 Å². The van der Waals surface area contributed by atoms with Gasteiger partial charge in [0, 0.05) is 11.3 Å². The molecule has 0 bridgehead atoms. The summed E-state index contributed by atoms with van der Waals surface area (Å²) in [6.45, 7) is 0.518. The molecule has 1 aliphatic rings. The third-order valence-electron chi connectivity index (χ3n) is 3.98. The van der Waals surface area contributed by atoms with Crippen molar-refractivity contribution in [2.75, 3.05) is 7.11 Å². The largest absolute Gasteiger partial charge is 0.497 e. The van der Waals surface area contributed by atoms with Crippen LogP contribution < -0.4 is 4.74 Å². The average Bonchev–Trinajstić information content (AvgIpc) is 3.38. The minimum absolute atomic E-state index is 0.0920. The first-order valence-electron chi connectivity index (χ1n) is 7.81. The zero-order valence-corrected chi connectivity index (χ0v) is 14.3. The smallest absolute Gasteiger partial charge is 0.199 e. The molecule has 24 heavy (non-hydrogen) atoms. The first-order valence-corrected chi connectivity index (χ1v) is 9.36. The van der Waals surface area contributed by atoms with E-state index in [0.717, 1.165) is 17.7 Å². The summed E-state index contributed by atoms with van der Waals surface area (Å²) < 4.78 is 35.3. The molecule has 0 spiro atoms. The van der Waals surface area contributed by atoms with Crippen molar-refractivity contribution in [3.63, 3.8) is 0 Å². The molecule has 4 nitrogen and oxygen atoms in total. The third kappa shape index (κ3) is 4.24. The first kappa shape index (κ1) is 16.7. The van der Waals surface area contributed by atoms with Crippen LogP contribution in [0.3, 0.4) is 0 Å². The maximum absolute atomic E-state index is 12.2. The van der Waals surface area contributed by atoms with Crippen LogP contribution in [0.15, 0.2) is 71.0 Å². The van der Waals surface area contributed by atoms with Crippen LogP contribution in [0.2, 0.25) is 0 Å². The summed E-state index contributed by atoms with van der Waals surface area (Å²) in [6.07, 6.45) is 2.69. The minimum Gasteiger partial charge on any atom is -0.497 e. The van der Waals surface area contributed by atoms with Crippen molar-refractivity contribution in [2.45, 2.75) is 24.0 Å². The Kier molecular flexibility index (Phi) is 5.02. The van der Waals surface area contributed by atoms with Crippen molar-refractivity contribution in [3.8, 4) is 5.75 Å². The van der Waals surface area contributed by atoms with Gasteiger partial charge in [0.1, 0.15) is 5.75 Å². The van der Waals surface area contributed by atoms with E-state index in [0.29, 0.717) is 11.5 Å². The summed E-state index contributed by atoms with van der Waals surface area (Å²) >= 11 is 0. The molecule has 0 heterocycles. The molecule has 2 aromatic carbocycles. The monoisotopic (exact) mass is 344 g/mol. The Morgan fingerprint density at radius 3 is 2.46 bits per heavy atom. The fraction of sp³-hybridized carbons (Fsp3) is 0.263. The van der Waals surface area contributed by atoms with Crippen LogP contribution in [0.4, 0.5) is 0 Å². The highest BCUT2D eigenvalue weighted by Crippen LogP contribution is 2.36. The van der Waals surface area contributed by atoms with Crippen LogP contribution in [-0.2, 0) is 21.2 Å². The van der Waals surface area contributed by atoms with Crippen LogP contribution >= 0.6 is 0 Å². The predicted octanol–water partition coefficient (Wildman–Crippen LogP) is 3.59. The van der Waals surface area contributed by atoms with Gasteiger partial charge >= 0.3 is 0 Å². The van der Waals surface area contributed by atoms with Crippen molar-refractivity contribution in [2.24, 2.45) is 5.92 Å². The molecule has 2 aromatic rings. The number of hydrogen-bond acceptors (Lipinski definition) is 4. The number of hydrogen-bond donors (Lipinski definition) is 0. The zero-order valence-electron chi connectivity index (χ0n) is 13.5. The van der Waals surface area contributed by atoms with E-state index in [-0.39, 0.29) is 12.0 Å². The normalized spacial score (nSPS) is 20.2. The number of sulfone groups is 1. The Bertz CT molecular complexity index is 795. The molecule has 0 unspecified atom stereocenters. The molecule has 0 aliphatic heterocycles. The van der Waals surface area contributed by atoms with E-state index in [2.05, 4.69) is 0 Å². The van der Waals surface area contributed by atoms with Crippen molar-refractivity contribution < 1.29 is 17.9 Å². The lowest BCUT2D eigenvalue weighted by Gasteiger charge is -2.04. The van der Waals surface area contributed by atoms with Crippen molar-refractivity contribution in [1.29, 1.82) is 0 Å². The number of benzene rings is 2. The zero-order chi connectivity index (χ0) is 17.0. The summed E-state index contributed by atoms with van der Waals surface area (Å²) in [5.41, 5.74) is 1.07. The molecule has 1 aliphatic carbocycles. The van der Waals surface area contributed by atoms with Gasteiger partial charge in [0.15, 0.2) is 9.84 Å². The molecule has 0 N–H and O–H groups in total. The molecule has 0 radical (unpaired) electrons. The van der Waals surface area contributed by atoms with Gasteiger partial charge in [-0.2, -0.15) is 0 Å². The van der Waals surface area contributed by atoms with Crippen molar-refractivity contribution in [1.82, 2.24) is 0 Å². The van der Waals surface area contributed by atoms with Gasteiger partial charge in [-0.1, -0.05) is 36.4 Å². The van der Waals surface area contributed by atoms with E-state index >= 15 is 0 Å². The van der Waals surface area contributed by atoms with Gasteiger partial charge < -0.3 is 9.47 Å². The topological polar surface area (TPSA) is 52.6 Å². The van der Waals surface area contributed by atoms with Gasteiger partial charge in [-0.05, 0) is 36.2 Å². The van der Waals surface area contributed by atoms with Gasteiger partial charge in [-0.15, -0.1) is 0 Å². The Labute approximate surface area is 142 Å². The molecular formula is C19H20O4S. The number of rotatable bonds is 7. The average molecular weight is 344 g/mol. The van der Waals surface area contributed by atoms with E-state index in [9.17, 15) is 8.42 Å². The molecule has 2 atom stereocenters. The predicted molar refractivity (Wildman–Crippen MR) is 92.4 cm³/mol. The van der Waals surface area contributed by atoms with E-state index in [1.165, 1.54) is 5.41 Å². The summed E-state index contributed by atoms with van der Waals surface area (Å²) in [4.78, 5) is 0.317. The molecule has 5 heteroatoms. The van der Waals surface area contributed by atoms with Gasteiger partial charge in [0.2, 0.25) is 0 Å². The quantitative estimate of drug-likeness (QED) is 0.770. The highest BCUT2D eigenvalue weighted by molar-refractivity contribution is 7.94. The fourth-order valence-corrected chi connectivity index (χ4v) is 3.50. The summed E-state index contributed by atoms with van der Waals surface area (Å²) in [7, 11) is -1.73. The van der Waals surface area contributed by atoms with Crippen LogP contribution in [0.1, 0.15) is 12.0 Å². The summed E-state index contributed by atoms with van der Waals surface area (Å²) in [6, 6.07) is 16.2. The van der Waals surface area contributed by atoms with E-state index in [1.54, 1.807) is 43.5 Å². The maximum atomic E-state index is 12.2. The minimum atomic E-state index is -3.36. The fourth-order valence-electron chi connectivity index (χ4n) is 2.40. The van der Waals surface area contributed by atoms with Gasteiger partial charge in [0.25, 0.3) is 0 Å². The first-order chi connectivity index (χ1) is 11.6. The second kappa shape index (κ2) is 7.20. The lowest BCUT2D eigenvalue weighted by molar-refractivity contribution is 0.0995. The SMILES string of the molecule is COc1ccc(CO[C@@H]2C[C@H]2/C=C/S(=O)(=O)c2ccccc2)cc1. The molecule has 0 amide bonds. The lowest BCUT2D eigenvalue weighted by atomic mass is 10.2. The van der Waals surface area contributed by atoms with Gasteiger partial charge in [-0.3, -0.25) is 0 Å². The van der Waals surface area contributed by atoms with Crippen LogP contribution in [0.5, 0.6) is 5.75 Å². The molecule has 0 aromatic heterocycles. The molecule has 126 valence electrons. The summed E-state index contributed by atoms with van der Waals surface area (Å²) in [5.74, 6) is 0.985. The van der Waals surface area contributed by atoms with E-state index in [4.69, 9.17) is 9.47 Å². The second-order valence-corrected chi connectivity index (χ2v) is 7.62. The van der Waals surface area contributed by atoms with E-state index < -0.39 is 9.84 Å². The van der Waals surface area contributed by atoms with Crippen LogP contribution in [0, 0.1) is 5.92 Å². The molecule has 3 rings (SSSR count). The number of ether oxygens (including phenoxy) is 2. The standard InChI is InChI=1S/C19H20O4S/c1-22-17-9-7-15(8-10-17)14-23-19-13-16(19)11-12-24(20,21)18-5-3-2-4-6-18/h2-12,16,19H,13-14H2,1H3/b12-11+/t16-,19-/m1/s1. The van der Waals surface area contributed by atoms with Crippen molar-refractivity contribution in [3.05, 3.63) is 71.6 Å². The Morgan fingerprint density at radius 1 is 1.08 bits per heavy atom. The van der Waals surface area contributed by atoms with Crippen LogP contribution in [0.25, 0.3) is 0 Å². The molecule has 1 fully saturated rings. The maximum Gasteiger partial charge on any atom is 0.199 e. The molecular weight excluding hydrogens is 324 g/mol. The van der Waals surface area contributed by atoms with Crippen molar-refractivity contribution >= 4 is 9.84 Å². The van der Waals surface area contributed by atoms with Crippen LogP contribution in [-0.4, -0.2) is 21.6 Å². The highest BCUT2D eigenvalue weighted by Gasteiger charge is 2.36. The Balaban J connectivity index is 1.50. The lowest BCUT2D eigenvalue weighted by Crippen LogP contribution is -1.98. The second-order valence-electron chi connectivity index (χ2n) is 5.78. The molecule has 0 saturated heterocycles. The van der Waals surface area contributed by atoms with E-state index in [1.807, 2.05) is 24.3 Å².